The van der Waals surface area contributed by atoms with Crippen molar-refractivity contribution in [2.45, 2.75) is 13.8 Å². The maximum Gasteiger partial charge on any atom is 0.134 e. The summed E-state index contributed by atoms with van der Waals surface area (Å²) in [4.78, 5) is 4.13. The Morgan fingerprint density at radius 2 is 1.73 bits per heavy atom. The Bertz CT molecular complexity index is 474. The van der Waals surface area contributed by atoms with Crippen molar-refractivity contribution < 1.29 is 5.11 Å². The van der Waals surface area contributed by atoms with Gasteiger partial charge in [-0.2, -0.15) is 0 Å². The molecule has 1 heterocycles. The first kappa shape index (κ1) is 9.71. The average Bonchev–Trinajstić information content (AvgIpc) is 2.23. The highest BCUT2D eigenvalue weighted by Crippen LogP contribution is 2.25. The Kier molecular flexibility index (Phi) is 2.42. The highest BCUT2D eigenvalue weighted by atomic mass is 16.3. The van der Waals surface area contributed by atoms with Gasteiger partial charge in [0.25, 0.3) is 0 Å². The first-order valence-corrected chi connectivity index (χ1v) is 4.89. The van der Waals surface area contributed by atoms with Gasteiger partial charge in [0.1, 0.15) is 5.75 Å². The van der Waals surface area contributed by atoms with Crippen LogP contribution >= 0.6 is 0 Å². The minimum atomic E-state index is 0.205. The number of aryl methyl sites for hydroxylation is 2. The first-order valence-electron chi connectivity index (χ1n) is 4.89. The van der Waals surface area contributed by atoms with Gasteiger partial charge in [0.15, 0.2) is 0 Å². The molecule has 0 fully saturated rings. The van der Waals surface area contributed by atoms with Crippen molar-refractivity contribution in [3.05, 3.63) is 47.8 Å². The highest BCUT2D eigenvalue weighted by molar-refractivity contribution is 5.67. The number of benzene rings is 1. The summed E-state index contributed by atoms with van der Waals surface area (Å²) in [7, 11) is 0. The van der Waals surface area contributed by atoms with E-state index in [9.17, 15) is 5.11 Å². The third-order valence-electron chi connectivity index (χ3n) is 2.44. The van der Waals surface area contributed by atoms with Crippen molar-refractivity contribution in [2.75, 3.05) is 0 Å². The number of hydrogen-bond donors (Lipinski definition) is 1. The van der Waals surface area contributed by atoms with Crippen LogP contribution in [0, 0.1) is 13.8 Å². The molecule has 76 valence electrons. The zero-order valence-electron chi connectivity index (χ0n) is 8.86. The molecule has 0 radical (unpaired) electrons. The van der Waals surface area contributed by atoms with Crippen LogP contribution < -0.4 is 0 Å². The zero-order valence-corrected chi connectivity index (χ0v) is 8.86. The molecule has 0 aliphatic heterocycles. The van der Waals surface area contributed by atoms with Gasteiger partial charge >= 0.3 is 0 Å². The molecule has 2 nitrogen and oxygen atoms in total. The Labute approximate surface area is 89.2 Å². The lowest BCUT2D eigenvalue weighted by Gasteiger charge is -2.05. The van der Waals surface area contributed by atoms with Crippen molar-refractivity contribution in [3.63, 3.8) is 0 Å². The fourth-order valence-corrected chi connectivity index (χ4v) is 1.55. The van der Waals surface area contributed by atoms with Gasteiger partial charge in [0.2, 0.25) is 0 Å². The van der Waals surface area contributed by atoms with E-state index >= 15 is 0 Å². The third kappa shape index (κ3) is 1.99. The molecule has 0 unspecified atom stereocenters. The van der Waals surface area contributed by atoms with Crippen molar-refractivity contribution in [1.82, 2.24) is 4.98 Å². The van der Waals surface area contributed by atoms with Crippen molar-refractivity contribution in [3.8, 4) is 16.9 Å². The van der Waals surface area contributed by atoms with Crippen LogP contribution in [0.3, 0.4) is 0 Å². The summed E-state index contributed by atoms with van der Waals surface area (Å²) in [6.07, 6.45) is 1.47. The minimum absolute atomic E-state index is 0.205. The number of rotatable bonds is 1. The molecule has 2 aromatic rings. The van der Waals surface area contributed by atoms with Gasteiger partial charge in [0, 0.05) is 11.3 Å². The Morgan fingerprint density at radius 1 is 1.07 bits per heavy atom. The number of hydrogen-bond acceptors (Lipinski definition) is 2. The molecule has 0 aliphatic rings. The molecule has 0 saturated carbocycles. The molecule has 0 aliphatic carbocycles. The third-order valence-corrected chi connectivity index (χ3v) is 2.44. The van der Waals surface area contributed by atoms with Crippen LogP contribution in [0.1, 0.15) is 11.3 Å². The summed E-state index contributed by atoms with van der Waals surface area (Å²) in [6.45, 7) is 3.99. The van der Waals surface area contributed by atoms with E-state index in [4.69, 9.17) is 0 Å². The molecule has 1 aromatic carbocycles. The summed E-state index contributed by atoms with van der Waals surface area (Å²) in [5, 5.41) is 9.39. The van der Waals surface area contributed by atoms with Gasteiger partial charge < -0.3 is 5.11 Å². The molecule has 2 rings (SSSR count). The first-order chi connectivity index (χ1) is 7.16. The van der Waals surface area contributed by atoms with E-state index in [1.807, 2.05) is 19.1 Å². The fourth-order valence-electron chi connectivity index (χ4n) is 1.55. The van der Waals surface area contributed by atoms with Crippen LogP contribution in [-0.4, -0.2) is 10.1 Å². The Hall–Kier alpha value is -1.83. The second kappa shape index (κ2) is 3.73. The van der Waals surface area contributed by atoms with E-state index in [1.165, 1.54) is 11.8 Å². The quantitative estimate of drug-likeness (QED) is 0.765. The van der Waals surface area contributed by atoms with Crippen LogP contribution in [0.25, 0.3) is 11.1 Å². The molecular formula is C13H13NO. The van der Waals surface area contributed by atoms with Gasteiger partial charge in [-0.3, -0.25) is 4.98 Å². The van der Waals surface area contributed by atoms with Crippen molar-refractivity contribution in [2.24, 2.45) is 0 Å². The summed E-state index contributed by atoms with van der Waals surface area (Å²) in [6, 6.07) is 9.93. The van der Waals surface area contributed by atoms with Gasteiger partial charge in [-0.15, -0.1) is 0 Å². The summed E-state index contributed by atoms with van der Waals surface area (Å²) < 4.78 is 0. The zero-order chi connectivity index (χ0) is 10.8. The van der Waals surface area contributed by atoms with Crippen molar-refractivity contribution >= 4 is 0 Å². The average molecular weight is 199 g/mol. The fraction of sp³-hybridized carbons (Fsp3) is 0.154. The number of aromatic nitrogens is 1. The molecule has 1 aromatic heterocycles. The van der Waals surface area contributed by atoms with Crippen LogP contribution in [0.15, 0.2) is 36.5 Å². The van der Waals surface area contributed by atoms with E-state index in [0.717, 1.165) is 16.8 Å². The summed E-state index contributed by atoms with van der Waals surface area (Å²) in [5.74, 6) is 0.205. The lowest BCUT2D eigenvalue weighted by molar-refractivity contribution is 0.472. The van der Waals surface area contributed by atoms with Gasteiger partial charge in [-0.1, -0.05) is 29.8 Å². The molecule has 0 amide bonds. The molecule has 0 spiro atoms. The molecule has 0 bridgehead atoms. The van der Waals surface area contributed by atoms with E-state index in [2.05, 4.69) is 24.0 Å². The monoisotopic (exact) mass is 199 g/mol. The topological polar surface area (TPSA) is 33.1 Å². The largest absolute Gasteiger partial charge is 0.506 e. The number of aromatic hydroxyl groups is 1. The number of nitrogens with zero attached hydrogens (tertiary/aromatic N) is 1. The Morgan fingerprint density at radius 3 is 2.40 bits per heavy atom. The van der Waals surface area contributed by atoms with Gasteiger partial charge in [0.05, 0.1) is 6.20 Å². The van der Waals surface area contributed by atoms with Crippen molar-refractivity contribution in [1.29, 1.82) is 0 Å². The van der Waals surface area contributed by atoms with Crippen LogP contribution in [0.4, 0.5) is 0 Å². The van der Waals surface area contributed by atoms with E-state index in [0.29, 0.717) is 0 Å². The maximum absolute atomic E-state index is 9.39. The molecule has 0 saturated heterocycles. The SMILES string of the molecule is Cc1ccc(-c2cc(O)cnc2C)cc1. The predicted octanol–water partition coefficient (Wildman–Crippen LogP) is 3.07. The van der Waals surface area contributed by atoms with E-state index < -0.39 is 0 Å². The second-order valence-corrected chi connectivity index (χ2v) is 3.69. The smallest absolute Gasteiger partial charge is 0.134 e. The molecule has 0 atom stereocenters. The van der Waals surface area contributed by atoms with Gasteiger partial charge in [-0.05, 0) is 25.5 Å². The van der Waals surface area contributed by atoms with Crippen LogP contribution in [0.5, 0.6) is 5.75 Å². The lowest BCUT2D eigenvalue weighted by atomic mass is 10.0. The van der Waals surface area contributed by atoms with Crippen LogP contribution in [-0.2, 0) is 0 Å². The number of pyridine rings is 1. The standard InChI is InChI=1S/C13H13NO/c1-9-3-5-11(6-4-9)13-7-12(15)8-14-10(13)2/h3-8,15H,1-2H3. The predicted molar refractivity (Wildman–Crippen MR) is 60.8 cm³/mol. The van der Waals surface area contributed by atoms with Crippen LogP contribution in [0.2, 0.25) is 0 Å². The summed E-state index contributed by atoms with van der Waals surface area (Å²) in [5.41, 5.74) is 4.22. The Balaban J connectivity index is 2.53. The molecular weight excluding hydrogens is 186 g/mol. The van der Waals surface area contributed by atoms with E-state index in [1.54, 1.807) is 6.07 Å². The normalized spacial score (nSPS) is 10.3. The van der Waals surface area contributed by atoms with E-state index in [-0.39, 0.29) is 5.75 Å². The minimum Gasteiger partial charge on any atom is -0.506 e. The highest BCUT2D eigenvalue weighted by Gasteiger charge is 2.03. The molecule has 1 N–H and O–H groups in total. The lowest BCUT2D eigenvalue weighted by Crippen LogP contribution is -1.87. The summed E-state index contributed by atoms with van der Waals surface area (Å²) >= 11 is 0. The van der Waals surface area contributed by atoms with Gasteiger partial charge in [-0.25, -0.2) is 0 Å². The molecule has 15 heavy (non-hydrogen) atoms. The maximum atomic E-state index is 9.39. The molecule has 2 heteroatoms. The second-order valence-electron chi connectivity index (χ2n) is 3.69.